The monoisotopic (exact) mass is 281 g/mol. The van der Waals surface area contributed by atoms with Crippen LogP contribution in [0.2, 0.25) is 0 Å². The number of nitrogens with zero attached hydrogens (tertiary/aromatic N) is 3. The topological polar surface area (TPSA) is 84.7 Å². The highest BCUT2D eigenvalue weighted by Gasteiger charge is 2.32. The molecule has 0 saturated carbocycles. The number of carbonyl (C=O) groups is 1. The Morgan fingerprint density at radius 3 is 2.90 bits per heavy atom. The molecule has 1 aromatic rings. The van der Waals surface area contributed by atoms with E-state index in [1.165, 1.54) is 21.9 Å². The molecule has 0 aromatic carbocycles. The summed E-state index contributed by atoms with van der Waals surface area (Å²) < 4.78 is 6.44. The number of aromatic nitrogens is 2. The Hall–Kier alpha value is -1.73. The lowest BCUT2D eigenvalue weighted by Gasteiger charge is -2.35. The van der Waals surface area contributed by atoms with Gasteiger partial charge in [-0.25, -0.2) is 9.78 Å². The Bertz CT molecular complexity index is 522. The predicted molar refractivity (Wildman–Crippen MR) is 71.1 cm³/mol. The molecule has 1 amide bonds. The zero-order valence-corrected chi connectivity index (χ0v) is 11.5. The van der Waals surface area contributed by atoms with E-state index < -0.39 is 11.3 Å². The van der Waals surface area contributed by atoms with Gasteiger partial charge < -0.3 is 14.7 Å². The largest absolute Gasteiger partial charge is 0.388 e. The van der Waals surface area contributed by atoms with Crippen LogP contribution in [0.3, 0.4) is 0 Å². The molecule has 1 aromatic heterocycles. The maximum atomic E-state index is 12.1. The van der Waals surface area contributed by atoms with E-state index in [4.69, 9.17) is 4.74 Å². The van der Waals surface area contributed by atoms with Gasteiger partial charge in [-0.2, -0.15) is 0 Å². The SMILES string of the molecule is CN(CC1(O)CCOCC1)C(=O)Cn1cccnc1=O. The number of ether oxygens (including phenoxy) is 1. The fourth-order valence-corrected chi connectivity index (χ4v) is 2.21. The van der Waals surface area contributed by atoms with E-state index in [-0.39, 0.29) is 19.0 Å². The van der Waals surface area contributed by atoms with Crippen molar-refractivity contribution in [2.45, 2.75) is 25.0 Å². The summed E-state index contributed by atoms with van der Waals surface area (Å²) in [6.07, 6.45) is 3.93. The van der Waals surface area contributed by atoms with Crippen LogP contribution in [0.25, 0.3) is 0 Å². The zero-order valence-electron chi connectivity index (χ0n) is 11.5. The lowest BCUT2D eigenvalue weighted by molar-refractivity contribution is -0.137. The van der Waals surface area contributed by atoms with E-state index in [1.54, 1.807) is 13.1 Å². The number of carbonyl (C=O) groups excluding carboxylic acids is 1. The minimum Gasteiger partial charge on any atom is -0.388 e. The molecule has 2 rings (SSSR count). The van der Waals surface area contributed by atoms with Gasteiger partial charge in [0.25, 0.3) is 0 Å². The van der Waals surface area contributed by atoms with Gasteiger partial charge in [0.1, 0.15) is 6.54 Å². The van der Waals surface area contributed by atoms with Gasteiger partial charge in [-0.1, -0.05) is 0 Å². The standard InChI is InChI=1S/C13H19N3O4/c1-15(10-13(19)3-7-20-8-4-13)11(17)9-16-6-2-5-14-12(16)18/h2,5-6,19H,3-4,7-10H2,1H3. The Morgan fingerprint density at radius 2 is 2.25 bits per heavy atom. The molecule has 7 nitrogen and oxygen atoms in total. The third-order valence-electron chi connectivity index (χ3n) is 3.47. The van der Waals surface area contributed by atoms with Crippen LogP contribution >= 0.6 is 0 Å². The van der Waals surface area contributed by atoms with E-state index in [1.807, 2.05) is 0 Å². The van der Waals surface area contributed by atoms with Crippen LogP contribution in [0.15, 0.2) is 23.3 Å². The first-order valence-corrected chi connectivity index (χ1v) is 6.56. The Labute approximate surface area is 116 Å². The first-order chi connectivity index (χ1) is 9.50. The van der Waals surface area contributed by atoms with Gasteiger partial charge in [-0.3, -0.25) is 9.36 Å². The minimum atomic E-state index is -0.900. The summed E-state index contributed by atoms with van der Waals surface area (Å²) in [4.78, 5) is 28.6. The second-order valence-electron chi connectivity index (χ2n) is 5.12. The molecule has 0 unspecified atom stereocenters. The highest BCUT2D eigenvalue weighted by molar-refractivity contribution is 5.75. The molecule has 110 valence electrons. The molecule has 1 aliphatic rings. The number of hydrogen-bond acceptors (Lipinski definition) is 5. The Kier molecular flexibility index (Phi) is 4.51. The predicted octanol–water partition coefficient (Wildman–Crippen LogP) is -0.757. The third-order valence-corrected chi connectivity index (χ3v) is 3.47. The Morgan fingerprint density at radius 1 is 1.55 bits per heavy atom. The summed E-state index contributed by atoms with van der Waals surface area (Å²) in [5, 5.41) is 10.4. The van der Waals surface area contributed by atoms with E-state index in [2.05, 4.69) is 4.98 Å². The van der Waals surface area contributed by atoms with Gasteiger partial charge in [0.2, 0.25) is 5.91 Å². The van der Waals surface area contributed by atoms with Crippen molar-refractivity contribution in [3.8, 4) is 0 Å². The van der Waals surface area contributed by atoms with Gasteiger partial charge in [0.15, 0.2) is 0 Å². The van der Waals surface area contributed by atoms with Crippen molar-refractivity contribution >= 4 is 5.91 Å². The van der Waals surface area contributed by atoms with Crippen molar-refractivity contribution in [1.82, 2.24) is 14.5 Å². The molecule has 0 atom stereocenters. The van der Waals surface area contributed by atoms with E-state index >= 15 is 0 Å². The highest BCUT2D eigenvalue weighted by atomic mass is 16.5. The average molecular weight is 281 g/mol. The summed E-state index contributed by atoms with van der Waals surface area (Å²) in [7, 11) is 1.62. The molecule has 1 aliphatic heterocycles. The summed E-state index contributed by atoms with van der Waals surface area (Å²) in [6, 6.07) is 1.60. The van der Waals surface area contributed by atoms with Crippen molar-refractivity contribution in [3.05, 3.63) is 28.9 Å². The van der Waals surface area contributed by atoms with Crippen molar-refractivity contribution in [3.63, 3.8) is 0 Å². The number of aliphatic hydroxyl groups is 1. The van der Waals surface area contributed by atoms with Crippen LogP contribution in [0.5, 0.6) is 0 Å². The maximum Gasteiger partial charge on any atom is 0.347 e. The first kappa shape index (κ1) is 14.7. The third kappa shape index (κ3) is 3.64. The average Bonchev–Trinajstić information content (AvgIpc) is 2.41. The molecule has 0 spiro atoms. The lowest BCUT2D eigenvalue weighted by atomic mass is 9.94. The molecule has 0 aliphatic carbocycles. The molecule has 1 N–H and O–H groups in total. The van der Waals surface area contributed by atoms with Crippen molar-refractivity contribution in [2.75, 3.05) is 26.8 Å². The van der Waals surface area contributed by atoms with Crippen molar-refractivity contribution < 1.29 is 14.6 Å². The van der Waals surface area contributed by atoms with Crippen molar-refractivity contribution in [2.24, 2.45) is 0 Å². The number of likely N-dealkylation sites (N-methyl/N-ethyl adjacent to an activating group) is 1. The van der Waals surface area contributed by atoms with Gasteiger partial charge in [-0.05, 0) is 6.07 Å². The molecule has 7 heteroatoms. The van der Waals surface area contributed by atoms with Crippen LogP contribution < -0.4 is 5.69 Å². The summed E-state index contributed by atoms with van der Waals surface area (Å²) in [6.45, 7) is 1.17. The second kappa shape index (κ2) is 6.15. The number of amides is 1. The van der Waals surface area contributed by atoms with Gasteiger partial charge >= 0.3 is 5.69 Å². The quantitative estimate of drug-likeness (QED) is 0.784. The van der Waals surface area contributed by atoms with Gasteiger partial charge in [0, 0.05) is 52.0 Å². The molecule has 0 bridgehead atoms. The number of hydrogen-bond donors (Lipinski definition) is 1. The second-order valence-corrected chi connectivity index (χ2v) is 5.12. The Balaban J connectivity index is 1.95. The molecular formula is C13H19N3O4. The fraction of sp³-hybridized carbons (Fsp3) is 0.615. The lowest BCUT2D eigenvalue weighted by Crippen LogP contribution is -2.48. The van der Waals surface area contributed by atoms with E-state index in [0.29, 0.717) is 26.1 Å². The normalized spacial score (nSPS) is 17.7. The molecule has 2 heterocycles. The smallest absolute Gasteiger partial charge is 0.347 e. The molecular weight excluding hydrogens is 262 g/mol. The summed E-state index contributed by atoms with van der Waals surface area (Å²) >= 11 is 0. The van der Waals surface area contributed by atoms with Crippen LogP contribution in [-0.4, -0.2) is 57.9 Å². The number of rotatable bonds is 4. The van der Waals surface area contributed by atoms with Gasteiger partial charge in [0.05, 0.1) is 5.60 Å². The molecule has 20 heavy (non-hydrogen) atoms. The summed E-state index contributed by atoms with van der Waals surface area (Å²) in [5.41, 5.74) is -1.36. The van der Waals surface area contributed by atoms with Crippen LogP contribution in [0.4, 0.5) is 0 Å². The molecule has 0 radical (unpaired) electrons. The van der Waals surface area contributed by atoms with E-state index in [9.17, 15) is 14.7 Å². The van der Waals surface area contributed by atoms with E-state index in [0.717, 1.165) is 0 Å². The molecule has 1 fully saturated rings. The van der Waals surface area contributed by atoms with Crippen molar-refractivity contribution in [1.29, 1.82) is 0 Å². The zero-order chi connectivity index (χ0) is 14.6. The van der Waals surface area contributed by atoms with Crippen LogP contribution in [-0.2, 0) is 16.1 Å². The first-order valence-electron chi connectivity index (χ1n) is 6.56. The minimum absolute atomic E-state index is 0.0737. The highest BCUT2D eigenvalue weighted by Crippen LogP contribution is 2.21. The van der Waals surface area contributed by atoms with Crippen LogP contribution in [0, 0.1) is 0 Å². The molecule has 1 saturated heterocycles. The maximum absolute atomic E-state index is 12.1. The summed E-state index contributed by atoms with van der Waals surface area (Å²) in [5.74, 6) is -0.236. The van der Waals surface area contributed by atoms with Gasteiger partial charge in [-0.15, -0.1) is 0 Å². The van der Waals surface area contributed by atoms with Crippen LogP contribution in [0.1, 0.15) is 12.8 Å². The fourth-order valence-electron chi connectivity index (χ4n) is 2.21.